The molecule has 4 aliphatic carbocycles. The molecule has 1 N–H and O–H groups in total. The second-order valence-electron chi connectivity index (χ2n) is 12.3. The third kappa shape index (κ3) is 3.75. The predicted octanol–water partition coefficient (Wildman–Crippen LogP) is 6.01. The predicted molar refractivity (Wildman–Crippen MR) is 126 cm³/mol. The lowest BCUT2D eigenvalue weighted by Crippen LogP contribution is -2.53. The van der Waals surface area contributed by atoms with Crippen LogP contribution in [0.4, 0.5) is 13.2 Å². The van der Waals surface area contributed by atoms with Crippen molar-refractivity contribution in [2.24, 2.45) is 40.9 Å². The minimum absolute atomic E-state index is 0.00510. The number of fused-ring (bicyclic) bond motifs is 6. The van der Waals surface area contributed by atoms with Gasteiger partial charge in [-0.15, -0.1) is 0 Å². The number of alkyl halides is 2. The van der Waals surface area contributed by atoms with Gasteiger partial charge in [0.15, 0.2) is 5.78 Å². The molecular weight excluding hydrogens is 453 g/mol. The summed E-state index contributed by atoms with van der Waals surface area (Å²) in [6, 6.07) is 4.50. The van der Waals surface area contributed by atoms with E-state index in [9.17, 15) is 23.1 Å². The Hall–Kier alpha value is -1.89. The van der Waals surface area contributed by atoms with E-state index in [1.165, 1.54) is 12.1 Å². The summed E-state index contributed by atoms with van der Waals surface area (Å²) in [5.41, 5.74) is -1.26. The van der Waals surface area contributed by atoms with Crippen molar-refractivity contribution in [1.82, 2.24) is 9.78 Å². The van der Waals surface area contributed by atoms with Crippen LogP contribution in [0.15, 0.2) is 24.4 Å². The average Bonchev–Trinajstić information content (AvgIpc) is 3.38. The minimum atomic E-state index is -2.66. The van der Waals surface area contributed by atoms with E-state index in [-0.39, 0.29) is 48.2 Å². The zero-order valence-electron chi connectivity index (χ0n) is 20.3. The molecule has 0 bridgehead atoms. The fourth-order valence-corrected chi connectivity index (χ4v) is 9.03. The maximum Gasteiger partial charge on any atom is 0.266 e. The van der Waals surface area contributed by atoms with Crippen LogP contribution in [0.5, 0.6) is 0 Å². The van der Waals surface area contributed by atoms with E-state index in [1.54, 1.807) is 10.7 Å². The van der Waals surface area contributed by atoms with Gasteiger partial charge in [0.1, 0.15) is 11.4 Å². The summed E-state index contributed by atoms with van der Waals surface area (Å²) in [5.74, 6) is 2.12. The highest BCUT2D eigenvalue weighted by molar-refractivity contribution is 5.83. The van der Waals surface area contributed by atoms with Gasteiger partial charge in [-0.05, 0) is 105 Å². The van der Waals surface area contributed by atoms with E-state index in [2.05, 4.69) is 12.0 Å². The topological polar surface area (TPSA) is 55.1 Å². The van der Waals surface area contributed by atoms with Gasteiger partial charge in [-0.3, -0.25) is 9.48 Å². The van der Waals surface area contributed by atoms with Gasteiger partial charge in [0.05, 0.1) is 12.1 Å². The van der Waals surface area contributed by atoms with Crippen molar-refractivity contribution >= 4 is 16.7 Å². The van der Waals surface area contributed by atoms with Crippen LogP contribution in [0, 0.1) is 46.7 Å². The molecule has 0 amide bonds. The Kier molecular flexibility index (Phi) is 5.59. The van der Waals surface area contributed by atoms with E-state index >= 15 is 0 Å². The molecule has 0 aliphatic heterocycles. The summed E-state index contributed by atoms with van der Waals surface area (Å²) in [4.78, 5) is 13.5. The van der Waals surface area contributed by atoms with Crippen LogP contribution in [0.25, 0.3) is 10.9 Å². The Morgan fingerprint density at radius 2 is 1.91 bits per heavy atom. The van der Waals surface area contributed by atoms with Crippen LogP contribution >= 0.6 is 0 Å². The number of ketones is 1. The molecule has 190 valence electrons. The number of carbonyl (C=O) groups excluding carboxylic acids is 1. The fourth-order valence-electron chi connectivity index (χ4n) is 9.03. The molecule has 1 aromatic heterocycles. The van der Waals surface area contributed by atoms with Crippen molar-refractivity contribution in [1.29, 1.82) is 0 Å². The molecule has 4 nitrogen and oxygen atoms in total. The molecule has 6 rings (SSSR count). The van der Waals surface area contributed by atoms with Crippen LogP contribution in [0.1, 0.15) is 64.7 Å². The number of rotatable bonds is 4. The normalized spacial score (nSPS) is 41.0. The van der Waals surface area contributed by atoms with Gasteiger partial charge in [0, 0.05) is 23.6 Å². The molecule has 0 unspecified atom stereocenters. The molecular formula is C28H35F3N2O2. The first-order valence-corrected chi connectivity index (χ1v) is 13.3. The number of benzene rings is 1. The summed E-state index contributed by atoms with van der Waals surface area (Å²) in [5, 5.41) is 15.7. The first-order chi connectivity index (χ1) is 16.7. The Bertz CT molecular complexity index is 1130. The molecule has 0 spiro atoms. The maximum absolute atomic E-state index is 13.5. The molecule has 35 heavy (non-hydrogen) atoms. The number of carbonyl (C=O) groups is 1. The molecule has 4 fully saturated rings. The highest BCUT2D eigenvalue weighted by atomic mass is 19.3. The largest absolute Gasteiger partial charge is 0.384 e. The number of aliphatic hydroxyl groups is 1. The monoisotopic (exact) mass is 488 g/mol. The molecule has 7 heteroatoms. The van der Waals surface area contributed by atoms with Crippen LogP contribution in [-0.4, -0.2) is 32.7 Å². The van der Waals surface area contributed by atoms with E-state index in [4.69, 9.17) is 0 Å². The van der Waals surface area contributed by atoms with Gasteiger partial charge in [-0.1, -0.05) is 6.92 Å². The fraction of sp³-hybridized carbons (Fsp3) is 0.714. The van der Waals surface area contributed by atoms with Crippen LogP contribution in [0.3, 0.4) is 0 Å². The number of halogens is 3. The second-order valence-corrected chi connectivity index (χ2v) is 12.3. The number of nitrogens with zero attached hydrogens (tertiary/aromatic N) is 2. The smallest absolute Gasteiger partial charge is 0.266 e. The van der Waals surface area contributed by atoms with Crippen molar-refractivity contribution in [3.8, 4) is 0 Å². The lowest BCUT2D eigenvalue weighted by Gasteiger charge is -2.57. The van der Waals surface area contributed by atoms with Crippen LogP contribution in [0.2, 0.25) is 0 Å². The second kappa shape index (κ2) is 8.32. The van der Waals surface area contributed by atoms with E-state index in [0.717, 1.165) is 43.9 Å². The quantitative estimate of drug-likeness (QED) is 0.574. The zero-order valence-corrected chi connectivity index (χ0v) is 20.3. The minimum Gasteiger partial charge on any atom is -0.384 e. The summed E-state index contributed by atoms with van der Waals surface area (Å²) in [7, 11) is 0. The Balaban J connectivity index is 1.16. The van der Waals surface area contributed by atoms with E-state index in [0.29, 0.717) is 35.6 Å². The van der Waals surface area contributed by atoms with Gasteiger partial charge in [-0.25, -0.2) is 13.2 Å². The number of hydrogen-bond donors (Lipinski definition) is 1. The van der Waals surface area contributed by atoms with E-state index in [1.807, 2.05) is 6.20 Å². The summed E-state index contributed by atoms with van der Waals surface area (Å²) in [6.45, 7) is 2.52. The van der Waals surface area contributed by atoms with E-state index < -0.39 is 12.0 Å². The number of hydrogen-bond acceptors (Lipinski definition) is 3. The Morgan fingerprint density at radius 1 is 1.11 bits per heavy atom. The maximum atomic E-state index is 13.5. The first-order valence-electron chi connectivity index (χ1n) is 13.3. The molecule has 1 heterocycles. The van der Waals surface area contributed by atoms with Crippen molar-refractivity contribution in [2.45, 2.75) is 83.3 Å². The van der Waals surface area contributed by atoms with Gasteiger partial charge >= 0.3 is 0 Å². The average molecular weight is 489 g/mol. The Morgan fingerprint density at radius 3 is 2.71 bits per heavy atom. The molecule has 4 saturated carbocycles. The van der Waals surface area contributed by atoms with Gasteiger partial charge in [-0.2, -0.15) is 5.10 Å². The third-order valence-electron chi connectivity index (χ3n) is 10.7. The SMILES string of the molecule is C[C@]12CC[C@H]3[C@@H](CC[C@@H]4C[C@@](O)(C(F)F)CC[C@@H]43)[C@@H]1CC[C@@H]2C(=O)Cn1cc2ccc(F)cc2n1. The molecule has 1 aromatic carbocycles. The van der Waals surface area contributed by atoms with Crippen LogP contribution in [-0.2, 0) is 11.3 Å². The first kappa shape index (κ1) is 23.5. The molecule has 2 aromatic rings. The number of Topliss-reactive ketones (excluding diaryl/α,β-unsaturated/α-hetero) is 1. The summed E-state index contributed by atoms with van der Waals surface area (Å²) in [6.07, 6.45) is 6.27. The van der Waals surface area contributed by atoms with Crippen molar-refractivity contribution < 1.29 is 23.1 Å². The van der Waals surface area contributed by atoms with Crippen molar-refractivity contribution in [3.05, 3.63) is 30.2 Å². The molecule has 4 aliphatic rings. The van der Waals surface area contributed by atoms with Crippen molar-refractivity contribution in [2.75, 3.05) is 0 Å². The molecule has 0 saturated heterocycles. The highest BCUT2D eigenvalue weighted by Crippen LogP contribution is 2.65. The lowest BCUT2D eigenvalue weighted by atomic mass is 9.49. The summed E-state index contributed by atoms with van der Waals surface area (Å²) < 4.78 is 42.1. The molecule has 0 radical (unpaired) electrons. The van der Waals surface area contributed by atoms with Gasteiger partial charge in [0.25, 0.3) is 6.43 Å². The highest BCUT2D eigenvalue weighted by Gasteiger charge is 2.59. The van der Waals surface area contributed by atoms with Gasteiger partial charge < -0.3 is 5.11 Å². The number of aromatic nitrogens is 2. The van der Waals surface area contributed by atoms with Crippen LogP contribution < -0.4 is 0 Å². The van der Waals surface area contributed by atoms with Gasteiger partial charge in [0.2, 0.25) is 0 Å². The third-order valence-corrected chi connectivity index (χ3v) is 10.7. The molecule has 8 atom stereocenters. The lowest BCUT2D eigenvalue weighted by molar-refractivity contribution is -0.160. The zero-order chi connectivity index (χ0) is 24.5. The van der Waals surface area contributed by atoms with Crippen molar-refractivity contribution in [3.63, 3.8) is 0 Å². The summed E-state index contributed by atoms with van der Waals surface area (Å²) >= 11 is 0. The Labute approximate surface area is 204 Å². The standard InChI is InChI=1S/C28H35F3N2O2/c1-27-10-8-20-19-9-11-28(35,26(30)31)13-16(19)3-5-21(20)22(27)6-7-23(27)25(34)15-33-14-17-2-4-18(29)12-24(17)32-33/h2,4,12,14,16,19-23,26,35H,3,5-11,13,15H2,1H3/t16-,19+,20-,21-,22+,23-,27+,28-/m1/s1.